The maximum Gasteiger partial charge on any atom is 0.251 e. The lowest BCUT2D eigenvalue weighted by atomic mass is 9.86. The van der Waals surface area contributed by atoms with E-state index in [2.05, 4.69) is 31.4 Å². The number of carbonyl (C=O) groups is 3. The number of nitrogens with one attached hydrogen (secondary N) is 2. The first kappa shape index (κ1) is 22.9. The lowest BCUT2D eigenvalue weighted by Crippen LogP contribution is -2.54. The zero-order valence-electron chi connectivity index (χ0n) is 17.6. The van der Waals surface area contributed by atoms with Crippen molar-refractivity contribution in [3.05, 3.63) is 65.2 Å². The summed E-state index contributed by atoms with van der Waals surface area (Å²) >= 11 is 0. The van der Waals surface area contributed by atoms with E-state index in [1.165, 1.54) is 19.1 Å². The molecule has 0 saturated heterocycles. The number of aliphatic carboxylic acids is 1. The molecule has 0 aliphatic rings. The molecule has 0 spiro atoms. The van der Waals surface area contributed by atoms with Gasteiger partial charge in [0.05, 0.1) is 12.0 Å². The summed E-state index contributed by atoms with van der Waals surface area (Å²) in [6, 6.07) is 10.9. The van der Waals surface area contributed by atoms with Crippen LogP contribution in [0.1, 0.15) is 49.2 Å². The van der Waals surface area contributed by atoms with Crippen LogP contribution in [0.25, 0.3) is 0 Å². The van der Waals surface area contributed by atoms with Crippen LogP contribution in [0.5, 0.6) is 5.75 Å². The van der Waals surface area contributed by atoms with Gasteiger partial charge in [-0.1, -0.05) is 45.0 Å². The SMILES string of the molecule is C[C@@H](NC(=O)c1ccc(C(C)(C)C)cc1)C(=O)N[C@@H](Cc1ccc(O)cc1)C(=O)[O-]. The second-order valence-corrected chi connectivity index (χ2v) is 8.27. The Morgan fingerprint density at radius 2 is 1.53 bits per heavy atom. The summed E-state index contributed by atoms with van der Waals surface area (Å²) in [5, 5.41) is 25.7. The normalized spacial score (nSPS) is 13.2. The Morgan fingerprint density at radius 3 is 2.03 bits per heavy atom. The van der Waals surface area contributed by atoms with Crippen molar-refractivity contribution < 1.29 is 24.6 Å². The van der Waals surface area contributed by atoms with Crippen LogP contribution < -0.4 is 15.7 Å². The number of rotatable bonds is 7. The fraction of sp³-hybridized carbons (Fsp3) is 0.348. The van der Waals surface area contributed by atoms with Crippen LogP contribution in [0, 0.1) is 0 Å². The first-order valence-electron chi connectivity index (χ1n) is 9.68. The summed E-state index contributed by atoms with van der Waals surface area (Å²) in [7, 11) is 0. The number of aromatic hydroxyl groups is 1. The van der Waals surface area contributed by atoms with E-state index in [-0.39, 0.29) is 17.6 Å². The molecule has 2 rings (SSSR count). The van der Waals surface area contributed by atoms with E-state index in [0.29, 0.717) is 11.1 Å². The molecule has 160 valence electrons. The van der Waals surface area contributed by atoms with Crippen LogP contribution in [0.2, 0.25) is 0 Å². The average molecular weight is 411 g/mol. The topological polar surface area (TPSA) is 119 Å². The van der Waals surface area contributed by atoms with E-state index in [4.69, 9.17) is 0 Å². The molecular weight excluding hydrogens is 384 g/mol. The highest BCUT2D eigenvalue weighted by atomic mass is 16.4. The maximum absolute atomic E-state index is 12.4. The molecule has 0 aromatic heterocycles. The molecular formula is C23H27N2O5-. The van der Waals surface area contributed by atoms with Gasteiger partial charge in [0.2, 0.25) is 5.91 Å². The van der Waals surface area contributed by atoms with Gasteiger partial charge in [-0.25, -0.2) is 0 Å². The van der Waals surface area contributed by atoms with Gasteiger partial charge in [0.25, 0.3) is 5.91 Å². The number of phenolic OH excluding ortho intramolecular Hbond substituents is 1. The molecule has 0 aliphatic carbocycles. The second kappa shape index (κ2) is 9.43. The van der Waals surface area contributed by atoms with Crippen molar-refractivity contribution in [1.29, 1.82) is 0 Å². The Kier molecular flexibility index (Phi) is 7.21. The van der Waals surface area contributed by atoms with Gasteiger partial charge in [0.15, 0.2) is 0 Å². The highest BCUT2D eigenvalue weighted by Crippen LogP contribution is 2.22. The minimum atomic E-state index is -1.44. The van der Waals surface area contributed by atoms with Crippen molar-refractivity contribution >= 4 is 17.8 Å². The largest absolute Gasteiger partial charge is 0.548 e. The molecule has 7 nitrogen and oxygen atoms in total. The summed E-state index contributed by atoms with van der Waals surface area (Å²) in [6.45, 7) is 7.69. The van der Waals surface area contributed by atoms with Gasteiger partial charge in [0, 0.05) is 5.56 Å². The van der Waals surface area contributed by atoms with Crippen LogP contribution in [0.15, 0.2) is 48.5 Å². The number of amides is 2. The van der Waals surface area contributed by atoms with Crippen molar-refractivity contribution in [2.24, 2.45) is 0 Å². The predicted molar refractivity (Wildman–Crippen MR) is 111 cm³/mol. The molecule has 0 fully saturated rings. The van der Waals surface area contributed by atoms with Crippen LogP contribution in [-0.2, 0) is 21.4 Å². The highest BCUT2D eigenvalue weighted by Gasteiger charge is 2.21. The molecule has 2 aromatic rings. The van der Waals surface area contributed by atoms with E-state index in [1.807, 2.05) is 12.1 Å². The van der Waals surface area contributed by atoms with E-state index in [1.54, 1.807) is 24.3 Å². The number of benzene rings is 2. The van der Waals surface area contributed by atoms with E-state index < -0.39 is 29.9 Å². The van der Waals surface area contributed by atoms with E-state index in [0.717, 1.165) is 5.56 Å². The van der Waals surface area contributed by atoms with Gasteiger partial charge < -0.3 is 25.6 Å². The third-order valence-electron chi connectivity index (χ3n) is 4.73. The number of carboxylic acids is 1. The molecule has 2 aromatic carbocycles. The highest BCUT2D eigenvalue weighted by molar-refractivity contribution is 5.98. The van der Waals surface area contributed by atoms with Gasteiger partial charge in [-0.3, -0.25) is 9.59 Å². The smallest absolute Gasteiger partial charge is 0.251 e. The van der Waals surface area contributed by atoms with Gasteiger partial charge in [-0.15, -0.1) is 0 Å². The number of carbonyl (C=O) groups excluding carboxylic acids is 3. The monoisotopic (exact) mass is 411 g/mol. The van der Waals surface area contributed by atoms with Gasteiger partial charge in [0.1, 0.15) is 11.8 Å². The Morgan fingerprint density at radius 1 is 0.967 bits per heavy atom. The molecule has 0 heterocycles. The van der Waals surface area contributed by atoms with Crippen molar-refractivity contribution in [3.63, 3.8) is 0 Å². The van der Waals surface area contributed by atoms with E-state index >= 15 is 0 Å². The molecule has 3 N–H and O–H groups in total. The van der Waals surface area contributed by atoms with Crippen molar-refractivity contribution in [2.75, 3.05) is 0 Å². The van der Waals surface area contributed by atoms with Crippen molar-refractivity contribution in [1.82, 2.24) is 10.6 Å². The summed E-state index contributed by atoms with van der Waals surface area (Å²) in [4.78, 5) is 36.2. The van der Waals surface area contributed by atoms with Crippen LogP contribution in [0.3, 0.4) is 0 Å². The average Bonchev–Trinajstić information content (AvgIpc) is 2.68. The molecule has 0 radical (unpaired) electrons. The molecule has 0 unspecified atom stereocenters. The van der Waals surface area contributed by atoms with Crippen molar-refractivity contribution in [3.8, 4) is 5.75 Å². The molecule has 0 bridgehead atoms. The third-order valence-corrected chi connectivity index (χ3v) is 4.73. The quantitative estimate of drug-likeness (QED) is 0.634. The number of carboxylic acid groups (broad SMARTS) is 1. The third kappa shape index (κ3) is 6.34. The zero-order valence-corrected chi connectivity index (χ0v) is 17.6. The van der Waals surface area contributed by atoms with E-state index in [9.17, 15) is 24.6 Å². The lowest BCUT2D eigenvalue weighted by Gasteiger charge is -2.23. The fourth-order valence-electron chi connectivity index (χ4n) is 2.82. The van der Waals surface area contributed by atoms with Gasteiger partial charge >= 0.3 is 0 Å². The predicted octanol–water partition coefficient (Wildman–Crippen LogP) is 1.29. The minimum absolute atomic E-state index is 0.0106. The number of phenols is 1. The fourth-order valence-corrected chi connectivity index (χ4v) is 2.82. The summed E-state index contributed by atoms with van der Waals surface area (Å²) in [5.74, 6) is -2.45. The number of hydrogen-bond donors (Lipinski definition) is 3. The second-order valence-electron chi connectivity index (χ2n) is 8.27. The Hall–Kier alpha value is -3.35. The molecule has 7 heteroatoms. The Labute approximate surface area is 176 Å². The summed E-state index contributed by atoms with van der Waals surface area (Å²) in [5.41, 5.74) is 2.05. The lowest BCUT2D eigenvalue weighted by molar-refractivity contribution is -0.308. The molecule has 30 heavy (non-hydrogen) atoms. The molecule has 2 amide bonds. The van der Waals surface area contributed by atoms with Gasteiger partial charge in [-0.05, 0) is 54.2 Å². The molecule has 0 aliphatic heterocycles. The van der Waals surface area contributed by atoms with Crippen LogP contribution in [0.4, 0.5) is 0 Å². The summed E-state index contributed by atoms with van der Waals surface area (Å²) in [6.07, 6.45) is -0.0106. The first-order chi connectivity index (χ1) is 14.0. The Balaban J connectivity index is 1.98. The summed E-state index contributed by atoms with van der Waals surface area (Å²) < 4.78 is 0. The standard InChI is InChI=1S/C23H28N2O5/c1-14(24-21(28)16-7-9-17(10-8-16)23(2,3)4)20(27)25-19(22(29)30)13-15-5-11-18(26)12-6-15/h5-12,14,19,26H,13H2,1-4H3,(H,24,28)(H,25,27)(H,29,30)/p-1/t14-,19+/m1/s1. The zero-order chi connectivity index (χ0) is 22.5. The van der Waals surface area contributed by atoms with Crippen LogP contribution in [-0.4, -0.2) is 35.0 Å². The number of hydrogen-bond acceptors (Lipinski definition) is 5. The molecule has 2 atom stereocenters. The maximum atomic E-state index is 12.4. The first-order valence-corrected chi connectivity index (χ1v) is 9.68. The van der Waals surface area contributed by atoms with Crippen LogP contribution >= 0.6 is 0 Å². The minimum Gasteiger partial charge on any atom is -0.548 e. The van der Waals surface area contributed by atoms with Gasteiger partial charge in [-0.2, -0.15) is 0 Å². The molecule has 0 saturated carbocycles. The Bertz CT molecular complexity index is 899. The van der Waals surface area contributed by atoms with Crippen molar-refractivity contribution in [2.45, 2.75) is 51.6 Å².